The van der Waals surface area contributed by atoms with Gasteiger partial charge in [-0.05, 0) is 53.8 Å². The summed E-state index contributed by atoms with van der Waals surface area (Å²) in [6.45, 7) is 4.02. The van der Waals surface area contributed by atoms with Crippen molar-refractivity contribution in [1.29, 1.82) is 0 Å². The number of Topliss-reactive ketones (excluding diaryl/α,β-unsaturated/α-hetero) is 1. The third-order valence-electron chi connectivity index (χ3n) is 7.60. The standard InChI is InChI=1S/C32H29F3N4O5/c1-31(2)16-26-28(27(40)17-31)29(20-7-10-22(11-8-20)32(33,34)35)36-38(26)24-14-9-21(15-25(24)39(42)43)30(41)37(3)18-19-5-12-23(44-4)13-6-19/h5-15H,16-18H2,1-4H3. The Hall–Kier alpha value is -5.00. The van der Waals surface area contributed by atoms with Crippen LogP contribution in [0.3, 0.4) is 0 Å². The van der Waals surface area contributed by atoms with E-state index in [0.717, 1.165) is 17.7 Å². The minimum atomic E-state index is -4.54. The Morgan fingerprint density at radius 1 is 1.07 bits per heavy atom. The Bertz CT molecular complexity index is 1760. The highest BCUT2D eigenvalue weighted by Crippen LogP contribution is 2.41. The molecule has 1 aromatic heterocycles. The van der Waals surface area contributed by atoms with Crippen LogP contribution in [0.25, 0.3) is 16.9 Å². The first-order valence-electron chi connectivity index (χ1n) is 13.7. The number of halogens is 3. The van der Waals surface area contributed by atoms with Gasteiger partial charge in [0.2, 0.25) is 0 Å². The van der Waals surface area contributed by atoms with E-state index in [2.05, 4.69) is 5.10 Å². The monoisotopic (exact) mass is 606 g/mol. The van der Waals surface area contributed by atoms with E-state index in [-0.39, 0.29) is 46.8 Å². The predicted molar refractivity (Wildman–Crippen MR) is 156 cm³/mol. The molecule has 1 heterocycles. The highest BCUT2D eigenvalue weighted by Gasteiger charge is 2.38. The van der Waals surface area contributed by atoms with Crippen LogP contribution < -0.4 is 4.74 Å². The molecule has 0 N–H and O–H groups in total. The normalized spacial score (nSPS) is 14.2. The minimum Gasteiger partial charge on any atom is -0.497 e. The van der Waals surface area contributed by atoms with E-state index in [1.807, 2.05) is 26.0 Å². The van der Waals surface area contributed by atoms with Crippen LogP contribution in [0.5, 0.6) is 5.75 Å². The second-order valence-electron chi connectivity index (χ2n) is 11.6. The number of alkyl halides is 3. The number of nitro benzene ring substituents is 1. The second kappa shape index (κ2) is 11.3. The van der Waals surface area contributed by atoms with Gasteiger partial charge in [0, 0.05) is 37.2 Å². The molecule has 0 unspecified atom stereocenters. The molecule has 4 aromatic rings. The molecular weight excluding hydrogens is 577 g/mol. The Morgan fingerprint density at radius 3 is 2.32 bits per heavy atom. The number of rotatable bonds is 7. The van der Waals surface area contributed by atoms with Gasteiger partial charge < -0.3 is 9.64 Å². The van der Waals surface area contributed by atoms with E-state index in [1.54, 1.807) is 26.3 Å². The lowest BCUT2D eigenvalue weighted by molar-refractivity contribution is -0.384. The zero-order valence-electron chi connectivity index (χ0n) is 24.4. The molecule has 9 nitrogen and oxygen atoms in total. The molecule has 0 aliphatic heterocycles. The largest absolute Gasteiger partial charge is 0.497 e. The molecule has 1 aliphatic rings. The van der Waals surface area contributed by atoms with E-state index >= 15 is 0 Å². The van der Waals surface area contributed by atoms with Crippen molar-refractivity contribution in [1.82, 2.24) is 14.7 Å². The third kappa shape index (κ3) is 5.92. The van der Waals surface area contributed by atoms with Crippen molar-refractivity contribution < 1.29 is 32.4 Å². The summed E-state index contributed by atoms with van der Waals surface area (Å²) in [6, 6.07) is 15.5. The average Bonchev–Trinajstić information content (AvgIpc) is 3.34. The molecule has 1 amide bonds. The van der Waals surface area contributed by atoms with Gasteiger partial charge in [0.15, 0.2) is 5.78 Å². The number of carbonyl (C=O) groups excluding carboxylic acids is 2. The quantitative estimate of drug-likeness (QED) is 0.167. The first-order chi connectivity index (χ1) is 20.7. The molecule has 0 spiro atoms. The van der Waals surface area contributed by atoms with Crippen LogP contribution in [0.1, 0.15) is 57.8 Å². The van der Waals surface area contributed by atoms with E-state index < -0.39 is 33.7 Å². The van der Waals surface area contributed by atoms with Gasteiger partial charge in [-0.25, -0.2) is 4.68 Å². The van der Waals surface area contributed by atoms with Gasteiger partial charge in [0.1, 0.15) is 17.1 Å². The number of ketones is 1. The van der Waals surface area contributed by atoms with Crippen LogP contribution in [-0.4, -0.2) is 45.5 Å². The Kier molecular flexibility index (Phi) is 7.79. The van der Waals surface area contributed by atoms with Crippen molar-refractivity contribution in [2.75, 3.05) is 14.2 Å². The summed E-state index contributed by atoms with van der Waals surface area (Å²) in [6.07, 6.45) is -4.03. The number of nitro groups is 1. The smallest absolute Gasteiger partial charge is 0.416 e. The molecule has 0 atom stereocenters. The van der Waals surface area contributed by atoms with Crippen LogP contribution in [0, 0.1) is 15.5 Å². The number of benzene rings is 3. The van der Waals surface area contributed by atoms with Gasteiger partial charge in [-0.15, -0.1) is 0 Å². The number of fused-ring (bicyclic) bond motifs is 1. The topological polar surface area (TPSA) is 108 Å². The van der Waals surface area contributed by atoms with Crippen LogP contribution in [0.4, 0.5) is 18.9 Å². The summed E-state index contributed by atoms with van der Waals surface area (Å²) >= 11 is 0. The second-order valence-corrected chi connectivity index (χ2v) is 11.6. The SMILES string of the molecule is COc1ccc(CN(C)C(=O)c2ccc(-n3nc(-c4ccc(C(F)(F)F)cc4)c4c3CC(C)(C)CC4=O)c([N+](=O)[O-])c2)cc1. The Morgan fingerprint density at radius 2 is 1.73 bits per heavy atom. The molecule has 0 saturated heterocycles. The molecule has 0 saturated carbocycles. The third-order valence-corrected chi connectivity index (χ3v) is 7.60. The molecule has 0 fully saturated rings. The molecular formula is C32H29F3N4O5. The van der Waals surface area contributed by atoms with Gasteiger partial charge >= 0.3 is 6.18 Å². The maximum atomic E-state index is 13.4. The van der Waals surface area contributed by atoms with E-state index in [9.17, 15) is 32.9 Å². The molecule has 44 heavy (non-hydrogen) atoms. The lowest BCUT2D eigenvalue weighted by Crippen LogP contribution is -2.28. The van der Waals surface area contributed by atoms with Gasteiger partial charge in [-0.1, -0.05) is 38.1 Å². The number of amides is 1. The lowest BCUT2D eigenvalue weighted by Gasteiger charge is -2.29. The maximum Gasteiger partial charge on any atom is 0.416 e. The highest BCUT2D eigenvalue weighted by atomic mass is 19.4. The number of hydrogen-bond acceptors (Lipinski definition) is 6. The fourth-order valence-electron chi connectivity index (χ4n) is 5.45. The van der Waals surface area contributed by atoms with Gasteiger partial charge in [-0.3, -0.25) is 19.7 Å². The zero-order chi connectivity index (χ0) is 32.0. The fraction of sp³-hybridized carbons (Fsp3) is 0.281. The minimum absolute atomic E-state index is 0.0317. The van der Waals surface area contributed by atoms with Crippen molar-refractivity contribution in [2.45, 2.75) is 39.4 Å². The number of carbonyl (C=O) groups is 2. The number of hydrogen-bond donors (Lipinski definition) is 0. The molecule has 1 aliphatic carbocycles. The Balaban J connectivity index is 1.56. The predicted octanol–water partition coefficient (Wildman–Crippen LogP) is 6.90. The number of nitrogens with zero attached hydrogens (tertiary/aromatic N) is 4. The van der Waals surface area contributed by atoms with Crippen molar-refractivity contribution in [2.24, 2.45) is 5.41 Å². The van der Waals surface area contributed by atoms with Crippen molar-refractivity contribution in [3.63, 3.8) is 0 Å². The van der Waals surface area contributed by atoms with Crippen molar-refractivity contribution in [3.05, 3.63) is 105 Å². The maximum absolute atomic E-state index is 13.4. The molecule has 0 bridgehead atoms. The van der Waals surface area contributed by atoms with Crippen LogP contribution >= 0.6 is 0 Å². The van der Waals surface area contributed by atoms with Crippen LogP contribution in [-0.2, 0) is 19.1 Å². The van der Waals surface area contributed by atoms with E-state index in [4.69, 9.17) is 4.74 Å². The van der Waals surface area contributed by atoms with E-state index in [1.165, 1.54) is 39.9 Å². The summed E-state index contributed by atoms with van der Waals surface area (Å²) in [4.78, 5) is 39.8. The number of aromatic nitrogens is 2. The summed E-state index contributed by atoms with van der Waals surface area (Å²) in [5, 5.41) is 16.9. The average molecular weight is 607 g/mol. The van der Waals surface area contributed by atoms with Crippen LogP contribution in [0.15, 0.2) is 66.7 Å². The Labute approximate surface area is 251 Å². The molecule has 12 heteroatoms. The van der Waals surface area contributed by atoms with Gasteiger partial charge in [-0.2, -0.15) is 18.3 Å². The first kappa shape index (κ1) is 30.5. The van der Waals surface area contributed by atoms with Gasteiger partial charge in [0.05, 0.1) is 28.9 Å². The zero-order valence-corrected chi connectivity index (χ0v) is 24.4. The molecule has 228 valence electrons. The van der Waals surface area contributed by atoms with Crippen molar-refractivity contribution >= 4 is 17.4 Å². The lowest BCUT2D eigenvalue weighted by atomic mass is 9.75. The fourth-order valence-corrected chi connectivity index (χ4v) is 5.45. The number of methoxy groups -OCH3 is 1. The van der Waals surface area contributed by atoms with E-state index in [0.29, 0.717) is 17.9 Å². The van der Waals surface area contributed by atoms with Crippen molar-refractivity contribution in [3.8, 4) is 22.7 Å². The highest BCUT2D eigenvalue weighted by molar-refractivity contribution is 6.04. The molecule has 3 aromatic carbocycles. The van der Waals surface area contributed by atoms with Gasteiger partial charge in [0.25, 0.3) is 11.6 Å². The molecule has 0 radical (unpaired) electrons. The first-order valence-corrected chi connectivity index (χ1v) is 13.7. The number of ether oxygens (including phenoxy) is 1. The summed E-state index contributed by atoms with van der Waals surface area (Å²) in [5.74, 6) is -0.0342. The van der Waals surface area contributed by atoms with Crippen LogP contribution in [0.2, 0.25) is 0 Å². The summed E-state index contributed by atoms with van der Waals surface area (Å²) in [7, 11) is 3.13. The summed E-state index contributed by atoms with van der Waals surface area (Å²) < 4.78 is 46.1. The summed E-state index contributed by atoms with van der Waals surface area (Å²) in [5.41, 5.74) is 0.244. The molecule has 5 rings (SSSR count).